The molecule has 0 aromatic heterocycles. The lowest BCUT2D eigenvalue weighted by Gasteiger charge is -2.13. The second-order valence-corrected chi connectivity index (χ2v) is 7.34. The van der Waals surface area contributed by atoms with E-state index in [9.17, 15) is 13.2 Å². The summed E-state index contributed by atoms with van der Waals surface area (Å²) in [5.41, 5.74) is 1.31. The van der Waals surface area contributed by atoms with Gasteiger partial charge in [0.05, 0.1) is 23.3 Å². The molecular formula is C19H17NO4S. The van der Waals surface area contributed by atoms with Crippen LogP contribution in [0.25, 0.3) is 10.8 Å². The average molecular weight is 355 g/mol. The summed E-state index contributed by atoms with van der Waals surface area (Å²) in [6, 6.07) is 17.1. The predicted molar refractivity (Wildman–Crippen MR) is 97.3 cm³/mol. The van der Waals surface area contributed by atoms with Crippen molar-refractivity contribution in [3.05, 3.63) is 71.8 Å². The highest BCUT2D eigenvalue weighted by atomic mass is 32.2. The van der Waals surface area contributed by atoms with E-state index >= 15 is 0 Å². The number of aryl methyl sites for hydroxylation is 1. The van der Waals surface area contributed by atoms with Gasteiger partial charge in [0, 0.05) is 0 Å². The van der Waals surface area contributed by atoms with Gasteiger partial charge in [0.1, 0.15) is 0 Å². The van der Waals surface area contributed by atoms with Gasteiger partial charge in [0.15, 0.2) is 0 Å². The van der Waals surface area contributed by atoms with Crippen molar-refractivity contribution in [2.75, 3.05) is 11.8 Å². The first-order chi connectivity index (χ1) is 11.9. The minimum Gasteiger partial charge on any atom is -0.465 e. The number of esters is 1. The van der Waals surface area contributed by atoms with Crippen LogP contribution in [0, 0.1) is 6.92 Å². The molecular weight excluding hydrogens is 338 g/mol. The van der Waals surface area contributed by atoms with E-state index in [0.717, 1.165) is 16.3 Å². The zero-order valence-corrected chi connectivity index (χ0v) is 14.6. The Morgan fingerprint density at radius 1 is 0.960 bits per heavy atom. The number of carbonyl (C=O) groups excluding carboxylic acids is 1. The molecule has 3 aromatic rings. The van der Waals surface area contributed by atoms with Gasteiger partial charge in [0.2, 0.25) is 0 Å². The molecule has 0 aliphatic rings. The summed E-state index contributed by atoms with van der Waals surface area (Å²) in [7, 11) is -2.56. The van der Waals surface area contributed by atoms with Crippen LogP contribution in [0.1, 0.15) is 15.9 Å². The molecule has 6 heteroatoms. The lowest BCUT2D eigenvalue weighted by Crippen LogP contribution is -2.16. The third-order valence-corrected chi connectivity index (χ3v) is 5.25. The van der Waals surface area contributed by atoms with E-state index in [0.29, 0.717) is 0 Å². The molecule has 0 bridgehead atoms. The number of methoxy groups -OCH3 is 1. The third-order valence-electron chi connectivity index (χ3n) is 3.87. The summed E-state index contributed by atoms with van der Waals surface area (Å²) < 4.78 is 32.6. The van der Waals surface area contributed by atoms with Gasteiger partial charge < -0.3 is 4.74 Å². The number of ether oxygens (including phenoxy) is 1. The van der Waals surface area contributed by atoms with Crippen LogP contribution >= 0.6 is 0 Å². The summed E-state index contributed by atoms with van der Waals surface area (Å²) in [6.45, 7) is 1.88. The predicted octanol–water partition coefficient (Wildman–Crippen LogP) is 3.74. The first-order valence-electron chi connectivity index (χ1n) is 7.61. The van der Waals surface area contributed by atoms with Gasteiger partial charge in [-0.25, -0.2) is 13.2 Å². The van der Waals surface area contributed by atoms with E-state index in [1.54, 1.807) is 24.3 Å². The number of hydrogen-bond donors (Lipinski definition) is 1. The fourth-order valence-electron chi connectivity index (χ4n) is 2.52. The van der Waals surface area contributed by atoms with Gasteiger partial charge >= 0.3 is 5.97 Å². The average Bonchev–Trinajstić information content (AvgIpc) is 2.60. The fraction of sp³-hybridized carbons (Fsp3) is 0.105. The molecule has 3 rings (SSSR count). The molecule has 0 aliphatic carbocycles. The number of nitrogens with one attached hydrogen (secondary N) is 1. The molecule has 0 amide bonds. The van der Waals surface area contributed by atoms with Gasteiger partial charge in [-0.2, -0.15) is 0 Å². The number of fused-ring (bicyclic) bond motifs is 1. The molecule has 25 heavy (non-hydrogen) atoms. The van der Waals surface area contributed by atoms with Crippen LogP contribution in [0.4, 0.5) is 5.69 Å². The van der Waals surface area contributed by atoms with Crippen molar-refractivity contribution in [3.63, 3.8) is 0 Å². The van der Waals surface area contributed by atoms with Crippen LogP contribution in [0.15, 0.2) is 65.6 Å². The molecule has 128 valence electrons. The number of benzene rings is 3. The quantitative estimate of drug-likeness (QED) is 0.724. The highest BCUT2D eigenvalue weighted by Gasteiger charge is 2.20. The van der Waals surface area contributed by atoms with Crippen molar-refractivity contribution in [1.82, 2.24) is 0 Å². The van der Waals surface area contributed by atoms with Gasteiger partial charge in [-0.05, 0) is 42.0 Å². The minimum absolute atomic E-state index is 0.127. The van der Waals surface area contributed by atoms with Crippen LogP contribution in [0.2, 0.25) is 0 Å². The number of hydrogen-bond acceptors (Lipinski definition) is 4. The topological polar surface area (TPSA) is 72.5 Å². The second-order valence-electron chi connectivity index (χ2n) is 5.66. The van der Waals surface area contributed by atoms with Crippen molar-refractivity contribution in [1.29, 1.82) is 0 Å². The first-order valence-corrected chi connectivity index (χ1v) is 9.09. The van der Waals surface area contributed by atoms with E-state index < -0.39 is 16.0 Å². The Balaban J connectivity index is 2.10. The Morgan fingerprint density at radius 3 is 2.16 bits per heavy atom. The van der Waals surface area contributed by atoms with Crippen molar-refractivity contribution >= 4 is 32.5 Å². The van der Waals surface area contributed by atoms with Crippen molar-refractivity contribution in [3.8, 4) is 0 Å². The Labute approximate surface area is 146 Å². The SMILES string of the molecule is COC(=O)c1cc2ccccc2cc1NS(=O)(=O)c1ccc(C)cc1. The number of anilines is 1. The van der Waals surface area contributed by atoms with Gasteiger partial charge in [-0.15, -0.1) is 0 Å². The van der Waals surface area contributed by atoms with Crippen LogP contribution < -0.4 is 4.72 Å². The largest absolute Gasteiger partial charge is 0.465 e. The van der Waals surface area contributed by atoms with E-state index in [-0.39, 0.29) is 16.1 Å². The summed E-state index contributed by atoms with van der Waals surface area (Å²) in [4.78, 5) is 12.2. The van der Waals surface area contributed by atoms with Gasteiger partial charge in [-0.3, -0.25) is 4.72 Å². The number of sulfonamides is 1. The van der Waals surface area contributed by atoms with Crippen molar-refractivity contribution < 1.29 is 17.9 Å². The molecule has 3 aromatic carbocycles. The van der Waals surface area contributed by atoms with E-state index in [2.05, 4.69) is 4.72 Å². The maximum absolute atomic E-state index is 12.6. The van der Waals surface area contributed by atoms with E-state index in [1.807, 2.05) is 31.2 Å². The maximum Gasteiger partial charge on any atom is 0.340 e. The van der Waals surface area contributed by atoms with Crippen LogP contribution in [0.3, 0.4) is 0 Å². The molecule has 0 aliphatic heterocycles. The Kier molecular flexibility index (Phi) is 4.46. The summed E-state index contributed by atoms with van der Waals surface area (Å²) >= 11 is 0. The molecule has 5 nitrogen and oxygen atoms in total. The normalized spacial score (nSPS) is 11.3. The Bertz CT molecular complexity index is 1040. The minimum atomic E-state index is -3.82. The number of carbonyl (C=O) groups is 1. The third kappa shape index (κ3) is 3.49. The van der Waals surface area contributed by atoms with Crippen LogP contribution in [-0.4, -0.2) is 21.5 Å². The molecule has 0 saturated heterocycles. The highest BCUT2D eigenvalue weighted by molar-refractivity contribution is 7.92. The smallest absolute Gasteiger partial charge is 0.340 e. The summed E-state index contributed by atoms with van der Waals surface area (Å²) in [6.07, 6.45) is 0. The second kappa shape index (κ2) is 6.57. The van der Waals surface area contributed by atoms with Gasteiger partial charge in [-0.1, -0.05) is 42.0 Å². The van der Waals surface area contributed by atoms with Crippen LogP contribution in [-0.2, 0) is 14.8 Å². The molecule has 0 atom stereocenters. The Morgan fingerprint density at radius 2 is 1.56 bits per heavy atom. The Hall–Kier alpha value is -2.86. The van der Waals surface area contributed by atoms with E-state index in [1.165, 1.54) is 19.2 Å². The monoisotopic (exact) mass is 355 g/mol. The lowest BCUT2D eigenvalue weighted by molar-refractivity contribution is 0.0602. The zero-order chi connectivity index (χ0) is 18.0. The first kappa shape index (κ1) is 17.0. The van der Waals surface area contributed by atoms with E-state index in [4.69, 9.17) is 4.74 Å². The lowest BCUT2D eigenvalue weighted by atomic mass is 10.1. The van der Waals surface area contributed by atoms with Crippen molar-refractivity contribution in [2.45, 2.75) is 11.8 Å². The molecule has 0 heterocycles. The zero-order valence-electron chi connectivity index (χ0n) is 13.8. The molecule has 1 N–H and O–H groups in total. The van der Waals surface area contributed by atoms with Crippen molar-refractivity contribution in [2.24, 2.45) is 0 Å². The highest BCUT2D eigenvalue weighted by Crippen LogP contribution is 2.27. The fourth-order valence-corrected chi connectivity index (χ4v) is 3.60. The standard InChI is InChI=1S/C19H17NO4S/c1-13-7-9-16(10-8-13)25(22,23)20-18-12-15-6-4-3-5-14(15)11-17(18)19(21)24-2/h3-12,20H,1-2H3. The summed E-state index contributed by atoms with van der Waals surface area (Å²) in [5.74, 6) is -0.604. The van der Waals surface area contributed by atoms with Gasteiger partial charge in [0.25, 0.3) is 10.0 Å². The molecule has 0 radical (unpaired) electrons. The molecule has 0 spiro atoms. The molecule has 0 unspecified atom stereocenters. The number of rotatable bonds is 4. The molecule has 0 saturated carbocycles. The maximum atomic E-state index is 12.6. The summed E-state index contributed by atoms with van der Waals surface area (Å²) in [5, 5.41) is 1.64. The molecule has 0 fully saturated rings. The van der Waals surface area contributed by atoms with Crippen LogP contribution in [0.5, 0.6) is 0 Å².